The second-order valence-corrected chi connectivity index (χ2v) is 4.00. The Bertz CT molecular complexity index is 517. The van der Waals surface area contributed by atoms with Crippen molar-refractivity contribution in [2.45, 2.75) is 32.5 Å². The van der Waals surface area contributed by atoms with Gasteiger partial charge in [0.15, 0.2) is 0 Å². The molecule has 9 heteroatoms. The van der Waals surface area contributed by atoms with Crippen LogP contribution in [0.1, 0.15) is 35.7 Å². The van der Waals surface area contributed by atoms with Crippen LogP contribution in [0.2, 0.25) is 0 Å². The first kappa shape index (κ1) is 17.3. The number of hydrogen-bond acceptors (Lipinski definition) is 4. The van der Waals surface area contributed by atoms with E-state index in [0.29, 0.717) is 6.20 Å². The molecule has 1 aromatic rings. The highest BCUT2D eigenvalue weighted by atomic mass is 19.4. The van der Waals surface area contributed by atoms with Crippen LogP contribution in [0, 0.1) is 0 Å². The summed E-state index contributed by atoms with van der Waals surface area (Å²) >= 11 is 0. The van der Waals surface area contributed by atoms with Gasteiger partial charge in [-0.1, -0.05) is 0 Å². The first-order valence-electron chi connectivity index (χ1n) is 5.94. The molecule has 2 N–H and O–H groups in total. The Labute approximate surface area is 117 Å². The van der Waals surface area contributed by atoms with Crippen molar-refractivity contribution in [3.05, 3.63) is 28.6 Å². The van der Waals surface area contributed by atoms with Crippen LogP contribution in [0.4, 0.5) is 22.0 Å². The van der Waals surface area contributed by atoms with Crippen molar-refractivity contribution < 1.29 is 31.5 Å². The number of pyridine rings is 1. The number of ether oxygens (including phenoxy) is 1. The Morgan fingerprint density at radius 1 is 1.43 bits per heavy atom. The molecule has 21 heavy (non-hydrogen) atoms. The Morgan fingerprint density at radius 3 is 2.48 bits per heavy atom. The zero-order chi connectivity index (χ0) is 16.2. The van der Waals surface area contributed by atoms with Crippen molar-refractivity contribution in [3.8, 4) is 0 Å². The molecular formula is C12H13F5N2O2. The Kier molecular flexibility index (Phi) is 5.59. The SMILES string of the molecule is CCOC(=O)Cc1c(C(F)F)cnc(CN)c1C(F)(F)F. The van der Waals surface area contributed by atoms with Gasteiger partial charge in [-0.15, -0.1) is 0 Å². The number of carbonyl (C=O) groups excluding carboxylic acids is 1. The van der Waals surface area contributed by atoms with Gasteiger partial charge in [-0.05, 0) is 12.5 Å². The Balaban J connectivity index is 3.48. The van der Waals surface area contributed by atoms with E-state index in [-0.39, 0.29) is 6.61 Å². The molecule has 0 saturated carbocycles. The maximum absolute atomic E-state index is 13.1. The van der Waals surface area contributed by atoms with E-state index in [1.807, 2.05) is 0 Å². The molecule has 0 aliphatic carbocycles. The number of carbonyl (C=O) groups is 1. The van der Waals surface area contributed by atoms with E-state index in [2.05, 4.69) is 9.72 Å². The molecule has 0 atom stereocenters. The van der Waals surface area contributed by atoms with Crippen LogP contribution in [0.15, 0.2) is 6.20 Å². The highest BCUT2D eigenvalue weighted by molar-refractivity contribution is 5.74. The second kappa shape index (κ2) is 6.79. The van der Waals surface area contributed by atoms with E-state index in [1.54, 1.807) is 0 Å². The number of nitrogens with zero attached hydrogens (tertiary/aromatic N) is 1. The molecule has 0 aromatic carbocycles. The summed E-state index contributed by atoms with van der Waals surface area (Å²) in [6.45, 7) is 0.793. The van der Waals surface area contributed by atoms with Gasteiger partial charge in [0.25, 0.3) is 6.43 Å². The minimum Gasteiger partial charge on any atom is -0.466 e. The van der Waals surface area contributed by atoms with Crippen molar-refractivity contribution in [1.29, 1.82) is 0 Å². The van der Waals surface area contributed by atoms with E-state index in [0.717, 1.165) is 0 Å². The summed E-state index contributed by atoms with van der Waals surface area (Å²) in [5, 5.41) is 0. The van der Waals surface area contributed by atoms with E-state index >= 15 is 0 Å². The van der Waals surface area contributed by atoms with Gasteiger partial charge in [0.05, 0.1) is 24.3 Å². The monoisotopic (exact) mass is 312 g/mol. The zero-order valence-electron chi connectivity index (χ0n) is 11.0. The number of nitrogens with two attached hydrogens (primary N) is 1. The standard InChI is InChI=1S/C12H13F5N2O2/c1-2-21-9(20)3-6-7(11(13)14)5-19-8(4-18)10(6)12(15,16)17/h5,11H,2-4,18H2,1H3. The van der Waals surface area contributed by atoms with Gasteiger partial charge in [0.1, 0.15) is 0 Å². The third-order valence-electron chi connectivity index (χ3n) is 2.64. The highest BCUT2D eigenvalue weighted by Gasteiger charge is 2.39. The number of hydrogen-bond donors (Lipinski definition) is 1. The quantitative estimate of drug-likeness (QED) is 0.670. The largest absolute Gasteiger partial charge is 0.466 e. The fourth-order valence-corrected chi connectivity index (χ4v) is 1.83. The molecular weight excluding hydrogens is 299 g/mol. The number of alkyl halides is 5. The number of aromatic nitrogens is 1. The van der Waals surface area contributed by atoms with Gasteiger partial charge in [0, 0.05) is 18.3 Å². The van der Waals surface area contributed by atoms with Crippen LogP contribution in [0.5, 0.6) is 0 Å². The van der Waals surface area contributed by atoms with Gasteiger partial charge >= 0.3 is 12.1 Å². The summed E-state index contributed by atoms with van der Waals surface area (Å²) in [6, 6.07) is 0. The molecule has 4 nitrogen and oxygen atoms in total. The van der Waals surface area contributed by atoms with Crippen molar-refractivity contribution in [2.75, 3.05) is 6.61 Å². The van der Waals surface area contributed by atoms with Gasteiger partial charge < -0.3 is 10.5 Å². The van der Waals surface area contributed by atoms with E-state index in [1.165, 1.54) is 6.92 Å². The fourth-order valence-electron chi connectivity index (χ4n) is 1.83. The molecule has 0 bridgehead atoms. The summed E-state index contributed by atoms with van der Waals surface area (Å²) in [5.41, 5.74) is 1.39. The molecule has 0 aliphatic heterocycles. The lowest BCUT2D eigenvalue weighted by Crippen LogP contribution is -2.21. The van der Waals surface area contributed by atoms with Crippen LogP contribution < -0.4 is 5.73 Å². The predicted molar refractivity (Wildman–Crippen MR) is 62.4 cm³/mol. The van der Waals surface area contributed by atoms with Crippen LogP contribution in [0.3, 0.4) is 0 Å². The molecule has 1 heterocycles. The molecule has 0 fully saturated rings. The van der Waals surface area contributed by atoms with Gasteiger partial charge in [-0.3, -0.25) is 9.78 Å². The molecule has 0 saturated heterocycles. The summed E-state index contributed by atoms with van der Waals surface area (Å²) in [7, 11) is 0. The molecule has 0 radical (unpaired) electrons. The third kappa shape index (κ3) is 4.10. The Hall–Kier alpha value is -1.77. The minimum atomic E-state index is -4.95. The Morgan fingerprint density at radius 2 is 2.05 bits per heavy atom. The van der Waals surface area contributed by atoms with Crippen molar-refractivity contribution in [2.24, 2.45) is 5.73 Å². The third-order valence-corrected chi connectivity index (χ3v) is 2.64. The zero-order valence-corrected chi connectivity index (χ0v) is 11.0. The fraction of sp³-hybridized carbons (Fsp3) is 0.500. The lowest BCUT2D eigenvalue weighted by Gasteiger charge is -2.18. The second-order valence-electron chi connectivity index (χ2n) is 4.00. The lowest BCUT2D eigenvalue weighted by molar-refractivity contribution is -0.143. The normalized spacial score (nSPS) is 11.8. The number of halogens is 5. The smallest absolute Gasteiger partial charge is 0.418 e. The molecule has 0 spiro atoms. The number of rotatable bonds is 5. The van der Waals surface area contributed by atoms with E-state index in [9.17, 15) is 26.7 Å². The molecule has 0 amide bonds. The van der Waals surface area contributed by atoms with E-state index < -0.39 is 53.9 Å². The first-order valence-corrected chi connectivity index (χ1v) is 5.94. The summed E-state index contributed by atoms with van der Waals surface area (Å²) in [5.74, 6) is -1.03. The van der Waals surface area contributed by atoms with Gasteiger partial charge in [0.2, 0.25) is 0 Å². The van der Waals surface area contributed by atoms with Gasteiger partial charge in [-0.25, -0.2) is 8.78 Å². The highest BCUT2D eigenvalue weighted by Crippen LogP contribution is 2.38. The maximum atomic E-state index is 13.1. The predicted octanol–water partition coefficient (Wildman–Crippen LogP) is 2.60. The average Bonchev–Trinajstić information content (AvgIpc) is 2.36. The van der Waals surface area contributed by atoms with Crippen molar-refractivity contribution in [3.63, 3.8) is 0 Å². The van der Waals surface area contributed by atoms with E-state index in [4.69, 9.17) is 5.73 Å². The molecule has 1 aromatic heterocycles. The molecule has 1 rings (SSSR count). The maximum Gasteiger partial charge on any atom is 0.418 e. The van der Waals surface area contributed by atoms with Crippen molar-refractivity contribution >= 4 is 5.97 Å². The first-order chi connectivity index (χ1) is 9.72. The minimum absolute atomic E-state index is 0.0704. The van der Waals surface area contributed by atoms with Crippen LogP contribution >= 0.6 is 0 Å². The van der Waals surface area contributed by atoms with Crippen molar-refractivity contribution in [1.82, 2.24) is 4.98 Å². The lowest BCUT2D eigenvalue weighted by atomic mass is 9.97. The van der Waals surface area contributed by atoms with Gasteiger partial charge in [-0.2, -0.15) is 13.2 Å². The summed E-state index contributed by atoms with van der Waals surface area (Å²) in [4.78, 5) is 14.7. The topological polar surface area (TPSA) is 65.2 Å². The van der Waals surface area contributed by atoms with Crippen LogP contribution in [-0.2, 0) is 28.7 Å². The molecule has 0 aliphatic rings. The summed E-state index contributed by atoms with van der Waals surface area (Å²) < 4.78 is 69.5. The number of esters is 1. The van der Waals surface area contributed by atoms with Crippen LogP contribution in [0.25, 0.3) is 0 Å². The average molecular weight is 312 g/mol. The molecule has 118 valence electrons. The summed E-state index contributed by atoms with van der Waals surface area (Å²) in [6.07, 6.45) is -8.46. The van der Waals surface area contributed by atoms with Crippen LogP contribution in [-0.4, -0.2) is 17.6 Å². The molecule has 0 unspecified atom stereocenters.